The SMILES string of the molecule is C=CCc1cc(O)ccc1OC(C)(C)C(=O)OCC.C=CCc1cc(OCc2ccccc2)ccc1OC(C)(C)C(=O)OCC.CC.CCCc1cc(C)ccc1OC(C)(C)C(=O)O.CCOC(=O)C(C)(C)Oc1ccc(O)cc1CNC(=O)OC(C)(C)C.CCOC(=O)C(C)(C)Oc1ccc(OCc2ccccc2)cc1CC(=O)O.CCOC(=O)C(C)(C)Oc1ccc(OCc2ccccc2)cc1CC(N)=O. The summed E-state index contributed by atoms with van der Waals surface area (Å²) in [6, 6.07) is 59.9. The molecule has 143 heavy (non-hydrogen) atoms. The molecular formula is C113H148N2O28. The molecule has 30 nitrogen and oxygen atoms in total. The maximum absolute atomic E-state index is 12.1. The van der Waals surface area contributed by atoms with E-state index in [-0.39, 0.29) is 50.7 Å². The summed E-state index contributed by atoms with van der Waals surface area (Å²) < 4.78 is 82.3. The highest BCUT2D eigenvalue weighted by Crippen LogP contribution is 2.36. The maximum Gasteiger partial charge on any atom is 0.407 e. The zero-order chi connectivity index (χ0) is 107. The number of phenols is 2. The molecule has 9 aromatic carbocycles. The number of primary amides is 1. The van der Waals surface area contributed by atoms with E-state index in [0.29, 0.717) is 109 Å². The van der Waals surface area contributed by atoms with Crippen LogP contribution in [0.15, 0.2) is 226 Å². The lowest BCUT2D eigenvalue weighted by molar-refractivity contribution is -0.159. The summed E-state index contributed by atoms with van der Waals surface area (Å²) in [5.41, 5.74) is 6.24. The second kappa shape index (κ2) is 60.4. The number of nitrogens with two attached hydrogens (primary N) is 1. The van der Waals surface area contributed by atoms with Crippen LogP contribution in [0.3, 0.4) is 0 Å². The van der Waals surface area contributed by atoms with Gasteiger partial charge in [-0.3, -0.25) is 9.59 Å². The quantitative estimate of drug-likeness (QED) is 0.0117. The first kappa shape index (κ1) is 122. The molecule has 0 aromatic heterocycles. The summed E-state index contributed by atoms with van der Waals surface area (Å²) in [6.45, 7) is 51.6. The molecule has 0 fully saturated rings. The maximum atomic E-state index is 12.1. The topological polar surface area (TPSA) is 411 Å². The van der Waals surface area contributed by atoms with Crippen LogP contribution < -0.4 is 53.7 Å². The number of alkyl carbamates (subject to hydrolysis) is 1. The van der Waals surface area contributed by atoms with Crippen LogP contribution in [0.4, 0.5) is 4.79 Å². The molecule has 0 heterocycles. The average Bonchev–Trinajstić information content (AvgIpc) is 0.812. The molecule has 7 N–H and O–H groups in total. The first-order valence-electron chi connectivity index (χ1n) is 47.3. The summed E-state index contributed by atoms with van der Waals surface area (Å²) in [4.78, 5) is 105. The number of rotatable bonds is 44. The second-order valence-corrected chi connectivity index (χ2v) is 35.7. The van der Waals surface area contributed by atoms with Crippen LogP contribution in [0.25, 0.3) is 0 Å². The molecule has 0 atom stereocenters. The third-order valence-electron chi connectivity index (χ3n) is 19.5. The molecule has 0 aliphatic rings. The number of aromatic hydroxyl groups is 2. The van der Waals surface area contributed by atoms with Crippen molar-refractivity contribution in [3.8, 4) is 63.2 Å². The summed E-state index contributed by atoms with van der Waals surface area (Å²) in [6.07, 6.45) is 5.68. The van der Waals surface area contributed by atoms with E-state index >= 15 is 0 Å². The molecule has 0 aliphatic heterocycles. The minimum Gasteiger partial charge on any atom is -0.508 e. The van der Waals surface area contributed by atoms with Gasteiger partial charge in [-0.1, -0.05) is 148 Å². The molecule has 0 saturated carbocycles. The highest BCUT2D eigenvalue weighted by molar-refractivity contribution is 5.83. The van der Waals surface area contributed by atoms with Gasteiger partial charge in [-0.25, -0.2) is 33.6 Å². The zero-order valence-electron chi connectivity index (χ0n) is 87.4. The van der Waals surface area contributed by atoms with E-state index in [1.165, 1.54) is 24.3 Å². The highest BCUT2D eigenvalue weighted by Gasteiger charge is 2.38. The number of hydrogen-bond acceptors (Lipinski definition) is 26. The van der Waals surface area contributed by atoms with Gasteiger partial charge >= 0.3 is 47.9 Å². The number of amides is 2. The molecule has 0 aliphatic carbocycles. The third kappa shape index (κ3) is 45.2. The molecule has 778 valence electrons. The minimum atomic E-state index is -1.24. The minimum absolute atomic E-state index is 0.0160. The fourth-order valence-corrected chi connectivity index (χ4v) is 12.4. The van der Waals surface area contributed by atoms with Gasteiger partial charge < -0.3 is 103 Å². The number of esters is 5. The van der Waals surface area contributed by atoms with E-state index in [4.69, 9.17) is 81.9 Å². The van der Waals surface area contributed by atoms with Gasteiger partial charge in [-0.15, -0.1) is 13.2 Å². The lowest BCUT2D eigenvalue weighted by Gasteiger charge is -2.26. The van der Waals surface area contributed by atoms with E-state index < -0.39 is 93.0 Å². The standard InChI is InChI=1S/C22H26O4.C21H25NO5.C21H24O6.C18H27NO6.C15H20O4.C14H20O3.C2H6/c1-5-10-18-15-19(25-16-17-11-8-7-9-12-17)13-14-20(18)26-22(3,4)21(23)24-6-2;2*1-4-25-20(24)21(2,3)27-18-11-10-17(12-16(18)13-19(22)23)26-14-15-8-6-5-7-9-15;1-7-23-15(21)18(5,6)24-14-9-8-13(20)10-12(14)11-19-16(22)25-17(2,3)4;1-5-7-11-10-12(16)8-9-13(11)19-15(3,4)14(17)18-6-2;1-5-6-11-9-10(2)7-8-12(11)17-14(3,4)13(15)16;1-2/h5,7-9,11-15H,1,6,10,16H2,2-4H3;5-12H,4,13-14H2,1-3H3,(H2,22,23);5-12H,4,13-14H2,1-3H3,(H,22,23);8-10,20H,7,11H2,1-6H3,(H,19,22);5,8-10,16H,1,6-7H2,2-4H3;7-9H,5-6H2,1-4H3,(H,15,16);1-2H3. The number of allylic oxidation sites excluding steroid dienone is 2. The summed E-state index contributed by atoms with van der Waals surface area (Å²) in [7, 11) is 0. The van der Waals surface area contributed by atoms with Gasteiger partial charge in [0, 0.05) is 34.4 Å². The van der Waals surface area contributed by atoms with Crippen molar-refractivity contribution >= 4 is 53.8 Å². The van der Waals surface area contributed by atoms with Crippen LogP contribution in [0.1, 0.15) is 221 Å². The monoisotopic (exact) mass is 1980 g/mol. The fourth-order valence-electron chi connectivity index (χ4n) is 12.4. The molecule has 9 aromatic rings. The molecule has 0 saturated heterocycles. The summed E-state index contributed by atoms with van der Waals surface area (Å²) in [5, 5.41) is 40.0. The number of carboxylic acid groups (broad SMARTS) is 2. The number of aliphatic carboxylic acids is 2. The van der Waals surface area contributed by atoms with Crippen LogP contribution in [0, 0.1) is 6.92 Å². The number of ether oxygens (including phenoxy) is 15. The van der Waals surface area contributed by atoms with E-state index in [1.54, 1.807) is 199 Å². The van der Waals surface area contributed by atoms with Gasteiger partial charge in [0.1, 0.15) is 88.7 Å². The van der Waals surface area contributed by atoms with Crippen LogP contribution in [0.2, 0.25) is 0 Å². The Balaban J connectivity index is 0.000000442. The van der Waals surface area contributed by atoms with Crippen LogP contribution >= 0.6 is 0 Å². The number of nitrogens with one attached hydrogen (secondary N) is 1. The predicted octanol–water partition coefficient (Wildman–Crippen LogP) is 21.5. The molecular weight excluding hydrogens is 1830 g/mol. The Labute approximate surface area is 842 Å². The Morgan fingerprint density at radius 3 is 0.951 bits per heavy atom. The summed E-state index contributed by atoms with van der Waals surface area (Å²) >= 11 is 0. The number of hydrogen-bond donors (Lipinski definition) is 6. The van der Waals surface area contributed by atoms with E-state index in [9.17, 15) is 58.5 Å². The number of aryl methyl sites for hydroxylation is 2. The number of carboxylic acids is 2. The number of phenolic OH excluding ortho intramolecular Hbond substituents is 2. The Morgan fingerprint density at radius 1 is 0.357 bits per heavy atom. The number of carbonyl (C=O) groups excluding carboxylic acids is 7. The Morgan fingerprint density at radius 2 is 0.643 bits per heavy atom. The van der Waals surface area contributed by atoms with Crippen molar-refractivity contribution in [1.82, 2.24) is 5.32 Å². The number of carbonyl (C=O) groups is 9. The molecule has 0 unspecified atom stereocenters. The van der Waals surface area contributed by atoms with Crippen molar-refractivity contribution in [2.45, 2.75) is 270 Å². The van der Waals surface area contributed by atoms with Crippen LogP contribution in [-0.4, -0.2) is 146 Å². The lowest BCUT2D eigenvalue weighted by atomic mass is 10.0. The largest absolute Gasteiger partial charge is 0.508 e. The van der Waals surface area contributed by atoms with Gasteiger partial charge in [0.05, 0.1) is 45.9 Å². The van der Waals surface area contributed by atoms with Crippen LogP contribution in [-0.2, 0) is 125 Å². The molecule has 0 radical (unpaired) electrons. The molecule has 30 heteroatoms. The molecule has 2 amide bonds. The Hall–Kier alpha value is -14.7. The molecule has 9 rings (SSSR count). The van der Waals surface area contributed by atoms with Crippen LogP contribution in [0.5, 0.6) is 63.2 Å². The van der Waals surface area contributed by atoms with Crippen molar-refractivity contribution in [1.29, 1.82) is 0 Å². The van der Waals surface area contributed by atoms with Gasteiger partial charge in [-0.2, -0.15) is 0 Å². The lowest BCUT2D eigenvalue weighted by Crippen LogP contribution is -2.40. The van der Waals surface area contributed by atoms with Crippen molar-refractivity contribution in [3.63, 3.8) is 0 Å². The first-order chi connectivity index (χ1) is 67.3. The normalized spacial score (nSPS) is 11.0. The van der Waals surface area contributed by atoms with Gasteiger partial charge in [0.25, 0.3) is 0 Å². The fraction of sp³-hybridized carbons (Fsp3) is 0.407. The van der Waals surface area contributed by atoms with Gasteiger partial charge in [0.15, 0.2) is 33.6 Å². The van der Waals surface area contributed by atoms with Gasteiger partial charge in [0.2, 0.25) is 5.91 Å². The highest BCUT2D eigenvalue weighted by atomic mass is 16.6. The van der Waals surface area contributed by atoms with Gasteiger partial charge in [-0.05, 0) is 284 Å². The van der Waals surface area contributed by atoms with E-state index in [0.717, 1.165) is 57.5 Å². The van der Waals surface area contributed by atoms with E-state index in [1.807, 2.05) is 142 Å². The predicted molar refractivity (Wildman–Crippen MR) is 549 cm³/mol. The van der Waals surface area contributed by atoms with Crippen molar-refractivity contribution in [3.05, 3.63) is 281 Å². The van der Waals surface area contributed by atoms with Crippen molar-refractivity contribution < 1.29 is 135 Å². The molecule has 0 spiro atoms. The zero-order valence-corrected chi connectivity index (χ0v) is 87.4. The third-order valence-corrected chi connectivity index (χ3v) is 19.5. The second-order valence-electron chi connectivity index (χ2n) is 35.7. The smallest absolute Gasteiger partial charge is 0.407 e. The Bertz CT molecular complexity index is 5390. The van der Waals surface area contributed by atoms with E-state index in [2.05, 4.69) is 31.5 Å². The van der Waals surface area contributed by atoms with Crippen molar-refractivity contribution in [2.75, 3.05) is 33.0 Å². The van der Waals surface area contributed by atoms with Crippen molar-refractivity contribution in [2.24, 2.45) is 5.73 Å². The number of benzene rings is 9. The summed E-state index contributed by atoms with van der Waals surface area (Å²) in [5.74, 6) is 0.0958. The average molecular weight is 1980 g/mol. The Kier molecular flexibility index (Phi) is 51.7. The first-order valence-corrected chi connectivity index (χ1v) is 47.3. The molecule has 0 bridgehead atoms.